The van der Waals surface area contributed by atoms with E-state index in [1.807, 2.05) is 50.2 Å². The lowest BCUT2D eigenvalue weighted by molar-refractivity contribution is -0.127. The van der Waals surface area contributed by atoms with Crippen molar-refractivity contribution in [3.8, 4) is 5.75 Å². The fraction of sp³-hybridized carbons (Fsp3) is 0.227. The number of hydrogen-bond acceptors (Lipinski definition) is 2. The fourth-order valence-electron chi connectivity index (χ4n) is 3.00. The van der Waals surface area contributed by atoms with Crippen molar-refractivity contribution >= 4 is 28.3 Å². The minimum absolute atomic E-state index is 0.150. The molecular formula is C22H22ClNO2. The molecule has 0 heterocycles. The summed E-state index contributed by atoms with van der Waals surface area (Å²) in [6.07, 6.45) is -0.593. The predicted molar refractivity (Wildman–Crippen MR) is 107 cm³/mol. The molecule has 3 aromatic rings. The number of amides is 1. The van der Waals surface area contributed by atoms with E-state index in [1.54, 1.807) is 6.92 Å². The number of ether oxygens (including phenoxy) is 1. The van der Waals surface area contributed by atoms with E-state index in [9.17, 15) is 4.79 Å². The van der Waals surface area contributed by atoms with Gasteiger partial charge in [0.25, 0.3) is 5.91 Å². The number of rotatable bonds is 5. The molecule has 0 bridgehead atoms. The molecule has 0 aliphatic rings. The monoisotopic (exact) mass is 367 g/mol. The topological polar surface area (TPSA) is 38.3 Å². The highest BCUT2D eigenvalue weighted by molar-refractivity contribution is 6.32. The van der Waals surface area contributed by atoms with Crippen LogP contribution in [0.15, 0.2) is 54.6 Å². The van der Waals surface area contributed by atoms with Gasteiger partial charge in [0.2, 0.25) is 0 Å². The standard InChI is InChI=1S/C22H22ClNO2/c1-14-11-19(12-15(2)21(14)23)26-16(3)22(25)24-13-18-9-6-8-17-7-4-5-10-20(17)18/h4-12,16H,13H2,1-3H3,(H,24,25)/t16-/m0/s1. The Kier molecular flexibility index (Phi) is 5.48. The van der Waals surface area contributed by atoms with Crippen molar-refractivity contribution in [2.24, 2.45) is 0 Å². The Balaban J connectivity index is 1.66. The minimum Gasteiger partial charge on any atom is -0.481 e. The molecule has 1 amide bonds. The molecule has 0 aliphatic carbocycles. The van der Waals surface area contributed by atoms with Gasteiger partial charge in [0.1, 0.15) is 5.75 Å². The van der Waals surface area contributed by atoms with Crippen molar-refractivity contribution in [3.05, 3.63) is 76.3 Å². The second-order valence-electron chi connectivity index (χ2n) is 6.49. The van der Waals surface area contributed by atoms with E-state index in [1.165, 1.54) is 0 Å². The zero-order valence-electron chi connectivity index (χ0n) is 15.2. The maximum absolute atomic E-state index is 12.4. The van der Waals surface area contributed by atoms with E-state index < -0.39 is 6.10 Å². The lowest BCUT2D eigenvalue weighted by Gasteiger charge is -2.16. The van der Waals surface area contributed by atoms with Gasteiger partial charge in [-0.25, -0.2) is 0 Å². The van der Waals surface area contributed by atoms with E-state index >= 15 is 0 Å². The quantitative estimate of drug-likeness (QED) is 0.673. The van der Waals surface area contributed by atoms with Crippen LogP contribution in [-0.4, -0.2) is 12.0 Å². The Hall–Kier alpha value is -2.52. The lowest BCUT2D eigenvalue weighted by Crippen LogP contribution is -2.36. The van der Waals surface area contributed by atoms with Gasteiger partial charge in [-0.15, -0.1) is 0 Å². The van der Waals surface area contributed by atoms with Crippen LogP contribution in [0, 0.1) is 13.8 Å². The number of nitrogens with one attached hydrogen (secondary N) is 1. The van der Waals surface area contributed by atoms with Gasteiger partial charge in [-0.1, -0.05) is 54.1 Å². The first-order valence-electron chi connectivity index (χ1n) is 8.63. The van der Waals surface area contributed by atoms with Crippen LogP contribution in [0.4, 0.5) is 0 Å². The maximum Gasteiger partial charge on any atom is 0.261 e. The fourth-order valence-corrected chi connectivity index (χ4v) is 3.11. The summed E-state index contributed by atoms with van der Waals surface area (Å²) in [7, 11) is 0. The van der Waals surface area contributed by atoms with Crippen molar-refractivity contribution in [2.45, 2.75) is 33.4 Å². The smallest absolute Gasteiger partial charge is 0.261 e. The molecule has 0 unspecified atom stereocenters. The summed E-state index contributed by atoms with van der Waals surface area (Å²) < 4.78 is 5.80. The van der Waals surface area contributed by atoms with E-state index in [2.05, 4.69) is 23.5 Å². The number of aryl methyl sites for hydroxylation is 2. The molecule has 4 heteroatoms. The normalized spacial score (nSPS) is 12.0. The highest BCUT2D eigenvalue weighted by Crippen LogP contribution is 2.26. The molecule has 3 aromatic carbocycles. The van der Waals surface area contributed by atoms with Crippen LogP contribution in [0.3, 0.4) is 0 Å². The second kappa shape index (κ2) is 7.79. The molecule has 0 aromatic heterocycles. The van der Waals surface area contributed by atoms with Gasteiger partial charge in [-0.3, -0.25) is 4.79 Å². The van der Waals surface area contributed by atoms with Crippen LogP contribution in [-0.2, 0) is 11.3 Å². The molecule has 0 saturated carbocycles. The number of hydrogen-bond donors (Lipinski definition) is 1. The third kappa shape index (κ3) is 4.00. The summed E-state index contributed by atoms with van der Waals surface area (Å²) in [4.78, 5) is 12.4. The van der Waals surface area contributed by atoms with Crippen LogP contribution >= 0.6 is 11.6 Å². The summed E-state index contributed by atoms with van der Waals surface area (Å²) in [6, 6.07) is 17.9. The number of halogens is 1. The molecule has 3 rings (SSSR count). The van der Waals surface area contributed by atoms with Gasteiger partial charge in [0, 0.05) is 11.6 Å². The molecule has 134 valence electrons. The molecule has 26 heavy (non-hydrogen) atoms. The Morgan fingerprint density at radius 2 is 1.73 bits per heavy atom. The van der Waals surface area contributed by atoms with Gasteiger partial charge in [-0.2, -0.15) is 0 Å². The lowest BCUT2D eigenvalue weighted by atomic mass is 10.0. The van der Waals surface area contributed by atoms with Gasteiger partial charge < -0.3 is 10.1 Å². The third-order valence-electron chi connectivity index (χ3n) is 4.43. The van der Waals surface area contributed by atoms with Gasteiger partial charge >= 0.3 is 0 Å². The first kappa shape index (κ1) is 18.3. The Labute approximate surface area is 158 Å². The highest BCUT2D eigenvalue weighted by atomic mass is 35.5. The molecule has 1 atom stereocenters. The van der Waals surface area contributed by atoms with E-state index in [-0.39, 0.29) is 5.91 Å². The summed E-state index contributed by atoms with van der Waals surface area (Å²) in [5.41, 5.74) is 2.96. The van der Waals surface area contributed by atoms with Crippen LogP contribution in [0.1, 0.15) is 23.6 Å². The molecule has 0 radical (unpaired) electrons. The van der Waals surface area contributed by atoms with E-state index in [0.29, 0.717) is 12.3 Å². The Morgan fingerprint density at radius 1 is 1.08 bits per heavy atom. The second-order valence-corrected chi connectivity index (χ2v) is 6.87. The third-order valence-corrected chi connectivity index (χ3v) is 5.02. The maximum atomic E-state index is 12.4. The van der Waals surface area contributed by atoms with Crippen LogP contribution in [0.25, 0.3) is 10.8 Å². The van der Waals surface area contributed by atoms with Gasteiger partial charge in [0.15, 0.2) is 6.10 Å². The van der Waals surface area contributed by atoms with Gasteiger partial charge in [-0.05, 0) is 60.4 Å². The number of carbonyl (C=O) groups excluding carboxylic acids is 1. The van der Waals surface area contributed by atoms with Crippen LogP contribution < -0.4 is 10.1 Å². The predicted octanol–water partition coefficient (Wildman–Crippen LogP) is 5.19. The highest BCUT2D eigenvalue weighted by Gasteiger charge is 2.15. The van der Waals surface area contributed by atoms with E-state index in [4.69, 9.17) is 16.3 Å². The average molecular weight is 368 g/mol. The summed E-state index contributed by atoms with van der Waals surface area (Å²) in [5, 5.41) is 6.00. The SMILES string of the molecule is Cc1cc(O[C@@H](C)C(=O)NCc2cccc3ccccc23)cc(C)c1Cl. The van der Waals surface area contributed by atoms with Crippen molar-refractivity contribution < 1.29 is 9.53 Å². The molecule has 3 nitrogen and oxygen atoms in total. The average Bonchev–Trinajstić information content (AvgIpc) is 2.64. The number of carbonyl (C=O) groups is 1. The van der Waals surface area contributed by atoms with Crippen LogP contribution in [0.2, 0.25) is 5.02 Å². The molecule has 0 fully saturated rings. The Bertz CT molecular complexity index is 924. The van der Waals surface area contributed by atoms with Gasteiger partial charge in [0.05, 0.1) is 0 Å². The first-order valence-corrected chi connectivity index (χ1v) is 9.01. The zero-order valence-corrected chi connectivity index (χ0v) is 15.9. The van der Waals surface area contributed by atoms with Crippen molar-refractivity contribution in [3.63, 3.8) is 0 Å². The Morgan fingerprint density at radius 3 is 2.46 bits per heavy atom. The molecule has 1 N–H and O–H groups in total. The first-order chi connectivity index (χ1) is 12.5. The molecule has 0 aliphatic heterocycles. The van der Waals surface area contributed by atoms with Crippen molar-refractivity contribution in [1.82, 2.24) is 5.32 Å². The van der Waals surface area contributed by atoms with Crippen molar-refractivity contribution in [1.29, 1.82) is 0 Å². The van der Waals surface area contributed by atoms with E-state index in [0.717, 1.165) is 32.5 Å². The largest absolute Gasteiger partial charge is 0.481 e. The number of fused-ring (bicyclic) bond motifs is 1. The van der Waals surface area contributed by atoms with Crippen LogP contribution in [0.5, 0.6) is 5.75 Å². The summed E-state index contributed by atoms with van der Waals surface area (Å²) in [6.45, 7) is 6.06. The zero-order chi connectivity index (χ0) is 18.7. The molecule has 0 spiro atoms. The van der Waals surface area contributed by atoms with Crippen molar-refractivity contribution in [2.75, 3.05) is 0 Å². The summed E-state index contributed by atoms with van der Waals surface area (Å²) >= 11 is 6.18. The summed E-state index contributed by atoms with van der Waals surface area (Å²) in [5.74, 6) is 0.500. The minimum atomic E-state index is -0.593. The molecule has 0 saturated heterocycles. The molecular weight excluding hydrogens is 346 g/mol. The number of benzene rings is 3.